The molecular formula is C14H17ClN4OS. The number of halogens is 1. The van der Waals surface area contributed by atoms with Gasteiger partial charge in [0, 0.05) is 18.1 Å². The second kappa shape index (κ2) is 6.15. The van der Waals surface area contributed by atoms with Crippen LogP contribution in [-0.2, 0) is 6.54 Å². The average Bonchev–Trinajstić information content (AvgIpc) is 2.94. The Hall–Kier alpha value is -1.40. The van der Waals surface area contributed by atoms with Crippen LogP contribution in [0.4, 0.5) is 5.69 Å². The van der Waals surface area contributed by atoms with Gasteiger partial charge in [0.25, 0.3) is 5.56 Å². The molecule has 1 atom stereocenters. The number of hydrogen-bond acceptors (Lipinski definition) is 5. The highest BCUT2D eigenvalue weighted by molar-refractivity contribution is 7.09. The molecule has 1 aliphatic rings. The summed E-state index contributed by atoms with van der Waals surface area (Å²) >= 11 is 7.68. The summed E-state index contributed by atoms with van der Waals surface area (Å²) in [7, 11) is 0. The zero-order chi connectivity index (χ0) is 14.8. The van der Waals surface area contributed by atoms with Gasteiger partial charge in [0.1, 0.15) is 10.7 Å². The zero-order valence-electron chi connectivity index (χ0n) is 11.8. The van der Waals surface area contributed by atoms with Crippen LogP contribution in [-0.4, -0.2) is 14.8 Å². The van der Waals surface area contributed by atoms with Crippen molar-refractivity contribution in [2.45, 2.75) is 38.8 Å². The molecule has 1 fully saturated rings. The third-order valence-electron chi connectivity index (χ3n) is 3.84. The van der Waals surface area contributed by atoms with Crippen LogP contribution in [0.2, 0.25) is 5.02 Å². The van der Waals surface area contributed by atoms with Crippen LogP contribution in [0.25, 0.3) is 0 Å². The van der Waals surface area contributed by atoms with Crippen LogP contribution in [0.5, 0.6) is 0 Å². The molecule has 0 bridgehead atoms. The summed E-state index contributed by atoms with van der Waals surface area (Å²) in [4.78, 5) is 16.8. The fourth-order valence-electron chi connectivity index (χ4n) is 2.38. The molecule has 1 saturated carbocycles. The fraction of sp³-hybridized carbons (Fsp3) is 0.500. The monoisotopic (exact) mass is 324 g/mol. The molecule has 7 heteroatoms. The maximum atomic E-state index is 12.5. The van der Waals surface area contributed by atoms with E-state index in [-0.39, 0.29) is 11.6 Å². The minimum Gasteiger partial charge on any atom is -0.370 e. The average molecular weight is 325 g/mol. The van der Waals surface area contributed by atoms with E-state index in [1.54, 1.807) is 23.7 Å². The summed E-state index contributed by atoms with van der Waals surface area (Å²) < 4.78 is 1.52. The maximum absolute atomic E-state index is 12.5. The van der Waals surface area contributed by atoms with Crippen LogP contribution < -0.4 is 10.9 Å². The molecule has 0 spiro atoms. The Morgan fingerprint density at radius 1 is 1.57 bits per heavy atom. The summed E-state index contributed by atoms with van der Waals surface area (Å²) in [5.74, 6) is 0.570. The predicted octanol–water partition coefficient (Wildman–Crippen LogP) is 3.33. The number of nitrogens with one attached hydrogen (secondary N) is 1. The molecule has 0 amide bonds. The molecule has 0 radical (unpaired) electrons. The molecule has 5 nitrogen and oxygen atoms in total. The zero-order valence-corrected chi connectivity index (χ0v) is 13.3. The van der Waals surface area contributed by atoms with Crippen molar-refractivity contribution in [1.82, 2.24) is 14.8 Å². The van der Waals surface area contributed by atoms with Crippen molar-refractivity contribution < 1.29 is 0 Å². The topological polar surface area (TPSA) is 59.8 Å². The van der Waals surface area contributed by atoms with Crippen LogP contribution in [0.1, 0.15) is 37.2 Å². The van der Waals surface area contributed by atoms with Gasteiger partial charge in [-0.05, 0) is 25.7 Å². The first-order valence-corrected chi connectivity index (χ1v) is 8.32. The Kier molecular flexibility index (Phi) is 4.26. The van der Waals surface area contributed by atoms with E-state index in [0.717, 1.165) is 5.01 Å². The summed E-state index contributed by atoms with van der Waals surface area (Å²) in [5.41, 5.74) is 0.256. The van der Waals surface area contributed by atoms with Gasteiger partial charge in [-0.2, -0.15) is 5.10 Å². The minimum atomic E-state index is -0.155. The Morgan fingerprint density at radius 3 is 3.00 bits per heavy atom. The van der Waals surface area contributed by atoms with Gasteiger partial charge in [0.2, 0.25) is 0 Å². The first-order chi connectivity index (χ1) is 10.1. The van der Waals surface area contributed by atoms with Crippen LogP contribution in [0.3, 0.4) is 0 Å². The van der Waals surface area contributed by atoms with E-state index in [1.165, 1.54) is 23.9 Å². The Labute approximate surface area is 132 Å². The van der Waals surface area contributed by atoms with E-state index in [1.807, 2.05) is 12.3 Å². The molecule has 1 N–H and O–H groups in total. The molecule has 1 aliphatic carbocycles. The molecular weight excluding hydrogens is 308 g/mol. The van der Waals surface area contributed by atoms with Crippen molar-refractivity contribution in [3.63, 3.8) is 0 Å². The normalized spacial score (nSPS) is 16.5. The molecule has 21 heavy (non-hydrogen) atoms. The molecule has 2 aromatic rings. The largest absolute Gasteiger partial charge is 0.370 e. The van der Waals surface area contributed by atoms with Crippen molar-refractivity contribution in [2.24, 2.45) is 5.92 Å². The number of anilines is 1. The quantitative estimate of drug-likeness (QED) is 0.916. The number of aromatic nitrogens is 3. The first kappa shape index (κ1) is 14.5. The Balaban J connectivity index is 1.83. The van der Waals surface area contributed by atoms with E-state index in [9.17, 15) is 4.79 Å². The number of nitrogens with zero attached hydrogens (tertiary/aromatic N) is 3. The first-order valence-electron chi connectivity index (χ1n) is 7.06. The number of rotatable bonds is 5. The van der Waals surface area contributed by atoms with E-state index in [0.29, 0.717) is 23.2 Å². The maximum Gasteiger partial charge on any atom is 0.291 e. The highest BCUT2D eigenvalue weighted by Crippen LogP contribution is 2.28. The lowest BCUT2D eigenvalue weighted by Crippen LogP contribution is -2.31. The lowest BCUT2D eigenvalue weighted by Gasteiger charge is -2.25. The highest BCUT2D eigenvalue weighted by atomic mass is 35.5. The number of thiazole rings is 1. The van der Waals surface area contributed by atoms with Crippen LogP contribution in [0, 0.1) is 5.92 Å². The van der Waals surface area contributed by atoms with Gasteiger partial charge in [-0.15, -0.1) is 11.3 Å². The van der Waals surface area contributed by atoms with Crippen molar-refractivity contribution in [2.75, 3.05) is 5.32 Å². The third-order valence-corrected chi connectivity index (χ3v) is 5.08. The molecule has 2 heterocycles. The lowest BCUT2D eigenvalue weighted by molar-refractivity contribution is 0.262. The van der Waals surface area contributed by atoms with Crippen molar-refractivity contribution in [3.05, 3.63) is 38.2 Å². The highest BCUT2D eigenvalue weighted by Gasteiger charge is 2.21. The lowest BCUT2D eigenvalue weighted by atomic mass is 9.85. The summed E-state index contributed by atoms with van der Waals surface area (Å²) in [6, 6.07) is -0.0604. The smallest absolute Gasteiger partial charge is 0.291 e. The van der Waals surface area contributed by atoms with Crippen molar-refractivity contribution in [1.29, 1.82) is 0 Å². The van der Waals surface area contributed by atoms with Gasteiger partial charge in [-0.25, -0.2) is 9.67 Å². The summed E-state index contributed by atoms with van der Waals surface area (Å²) in [5, 5.41) is 10.5. The molecule has 2 aromatic heterocycles. The Bertz CT molecular complexity index is 666. The van der Waals surface area contributed by atoms with Gasteiger partial charge in [0.05, 0.1) is 17.3 Å². The molecule has 112 valence electrons. The fourth-order valence-corrected chi connectivity index (χ4v) is 3.20. The summed E-state index contributed by atoms with van der Waals surface area (Å²) in [6.07, 6.45) is 6.89. The van der Waals surface area contributed by atoms with Gasteiger partial charge in [-0.3, -0.25) is 4.79 Å². The van der Waals surface area contributed by atoms with E-state index >= 15 is 0 Å². The second-order valence-electron chi connectivity index (χ2n) is 5.39. The molecule has 1 unspecified atom stereocenters. The van der Waals surface area contributed by atoms with Gasteiger partial charge in [-0.1, -0.05) is 18.0 Å². The van der Waals surface area contributed by atoms with E-state index < -0.39 is 0 Å². The molecule has 3 rings (SSSR count). The van der Waals surface area contributed by atoms with E-state index in [2.05, 4.69) is 15.4 Å². The molecule has 0 aliphatic heterocycles. The minimum absolute atomic E-state index is 0.0604. The number of hydrogen-bond donors (Lipinski definition) is 1. The third kappa shape index (κ3) is 3.11. The van der Waals surface area contributed by atoms with Crippen molar-refractivity contribution >= 4 is 28.6 Å². The Morgan fingerprint density at radius 2 is 2.38 bits per heavy atom. The summed E-state index contributed by atoms with van der Waals surface area (Å²) in [6.45, 7) is 2.64. The standard InChI is InChI=1S/C14H17ClN4OS/c1-9(13-16-5-6-21-13)18-12-11(15)7-17-19(14(12)20)8-10-3-2-4-10/h5-7,9-10,18H,2-4,8H2,1H3. The van der Waals surface area contributed by atoms with Crippen molar-refractivity contribution in [3.8, 4) is 0 Å². The molecule has 0 aromatic carbocycles. The molecule has 0 saturated heterocycles. The van der Waals surface area contributed by atoms with Crippen LogP contribution in [0.15, 0.2) is 22.6 Å². The van der Waals surface area contributed by atoms with Crippen LogP contribution >= 0.6 is 22.9 Å². The van der Waals surface area contributed by atoms with E-state index in [4.69, 9.17) is 11.6 Å². The van der Waals surface area contributed by atoms with Gasteiger partial charge in [0.15, 0.2) is 0 Å². The predicted molar refractivity (Wildman–Crippen MR) is 85.0 cm³/mol. The van der Waals surface area contributed by atoms with Gasteiger partial charge < -0.3 is 5.32 Å². The second-order valence-corrected chi connectivity index (χ2v) is 6.72. The van der Waals surface area contributed by atoms with Gasteiger partial charge >= 0.3 is 0 Å². The SMILES string of the molecule is CC(Nc1c(Cl)cnn(CC2CCC2)c1=O)c1nccs1.